The van der Waals surface area contributed by atoms with Crippen molar-refractivity contribution in [2.24, 2.45) is 0 Å². The van der Waals surface area contributed by atoms with Gasteiger partial charge < -0.3 is 19.5 Å². The summed E-state index contributed by atoms with van der Waals surface area (Å²) < 4.78 is 16.3. The number of aryl methyl sites for hydroxylation is 1. The van der Waals surface area contributed by atoms with Crippen molar-refractivity contribution < 1.29 is 14.2 Å². The Bertz CT molecular complexity index is 394. The van der Waals surface area contributed by atoms with E-state index >= 15 is 0 Å². The third kappa shape index (κ3) is 7.46. The normalized spacial score (nSPS) is 11.1. The first kappa shape index (κ1) is 18.0. The average molecular weight is 295 g/mol. The van der Waals surface area contributed by atoms with E-state index in [1.54, 1.807) is 7.11 Å². The molecule has 0 aromatic heterocycles. The van der Waals surface area contributed by atoms with Gasteiger partial charge in [0.2, 0.25) is 0 Å². The molecule has 0 aliphatic rings. The Balaban J connectivity index is 2.38. The SMILES string of the molecule is COCCOCCCOc1c(C)cccc1CNC(C)C. The molecule has 0 spiro atoms. The number of hydrogen-bond acceptors (Lipinski definition) is 4. The number of benzene rings is 1. The van der Waals surface area contributed by atoms with Crippen molar-refractivity contribution in [1.29, 1.82) is 0 Å². The molecule has 0 atom stereocenters. The van der Waals surface area contributed by atoms with Crippen molar-refractivity contribution in [3.8, 4) is 5.75 Å². The molecular weight excluding hydrogens is 266 g/mol. The van der Waals surface area contributed by atoms with Crippen LogP contribution < -0.4 is 10.1 Å². The quantitative estimate of drug-likeness (QED) is 0.637. The van der Waals surface area contributed by atoms with Gasteiger partial charge in [-0.15, -0.1) is 0 Å². The maximum absolute atomic E-state index is 5.96. The van der Waals surface area contributed by atoms with Crippen molar-refractivity contribution in [2.75, 3.05) is 33.5 Å². The zero-order valence-corrected chi connectivity index (χ0v) is 13.8. The minimum absolute atomic E-state index is 0.465. The van der Waals surface area contributed by atoms with Gasteiger partial charge in [0, 0.05) is 38.3 Å². The van der Waals surface area contributed by atoms with E-state index in [1.165, 1.54) is 11.1 Å². The molecule has 0 heterocycles. The fourth-order valence-corrected chi connectivity index (χ4v) is 1.95. The summed E-state index contributed by atoms with van der Waals surface area (Å²) in [7, 11) is 1.68. The van der Waals surface area contributed by atoms with Crippen LogP contribution in [0.3, 0.4) is 0 Å². The molecule has 21 heavy (non-hydrogen) atoms. The van der Waals surface area contributed by atoms with Gasteiger partial charge >= 0.3 is 0 Å². The summed E-state index contributed by atoms with van der Waals surface area (Å²) in [5.41, 5.74) is 2.39. The largest absolute Gasteiger partial charge is 0.493 e. The zero-order valence-electron chi connectivity index (χ0n) is 13.8. The fraction of sp³-hybridized carbons (Fsp3) is 0.647. The highest BCUT2D eigenvalue weighted by Crippen LogP contribution is 2.23. The molecule has 4 nitrogen and oxygen atoms in total. The summed E-state index contributed by atoms with van der Waals surface area (Å²) in [6.45, 7) is 9.87. The highest BCUT2D eigenvalue weighted by molar-refractivity contribution is 5.40. The van der Waals surface area contributed by atoms with Gasteiger partial charge in [-0.1, -0.05) is 32.0 Å². The molecule has 1 rings (SSSR count). The van der Waals surface area contributed by atoms with Crippen LogP contribution in [-0.2, 0) is 16.0 Å². The number of para-hydroxylation sites is 1. The van der Waals surface area contributed by atoms with Crippen molar-refractivity contribution in [3.05, 3.63) is 29.3 Å². The Labute approximate surface area is 128 Å². The molecule has 120 valence electrons. The Morgan fingerprint density at radius 1 is 1.10 bits per heavy atom. The Morgan fingerprint density at radius 3 is 2.62 bits per heavy atom. The number of rotatable bonds is 11. The van der Waals surface area contributed by atoms with Crippen molar-refractivity contribution in [1.82, 2.24) is 5.32 Å². The van der Waals surface area contributed by atoms with Crippen LogP contribution >= 0.6 is 0 Å². The first-order chi connectivity index (χ1) is 10.1. The van der Waals surface area contributed by atoms with E-state index in [4.69, 9.17) is 14.2 Å². The highest BCUT2D eigenvalue weighted by atomic mass is 16.5. The Morgan fingerprint density at radius 2 is 1.90 bits per heavy atom. The number of nitrogens with one attached hydrogen (secondary N) is 1. The smallest absolute Gasteiger partial charge is 0.126 e. The standard InChI is InChI=1S/C17H29NO3/c1-14(2)18-13-16-8-5-7-15(3)17(16)21-10-6-9-20-12-11-19-4/h5,7-8,14,18H,6,9-13H2,1-4H3. The molecule has 0 radical (unpaired) electrons. The first-order valence-electron chi connectivity index (χ1n) is 7.66. The lowest BCUT2D eigenvalue weighted by molar-refractivity contribution is 0.0643. The summed E-state index contributed by atoms with van der Waals surface area (Å²) >= 11 is 0. The maximum Gasteiger partial charge on any atom is 0.126 e. The molecule has 0 aliphatic carbocycles. The molecular formula is C17H29NO3. The summed E-state index contributed by atoms with van der Waals surface area (Å²) in [5, 5.41) is 3.44. The second-order valence-corrected chi connectivity index (χ2v) is 5.41. The topological polar surface area (TPSA) is 39.7 Å². The molecule has 0 bridgehead atoms. The molecule has 0 fully saturated rings. The summed E-state index contributed by atoms with van der Waals surface area (Å²) in [6.07, 6.45) is 0.884. The van der Waals surface area contributed by atoms with E-state index < -0.39 is 0 Å². The van der Waals surface area contributed by atoms with Crippen LogP contribution in [0.2, 0.25) is 0 Å². The minimum Gasteiger partial charge on any atom is -0.493 e. The third-order valence-electron chi connectivity index (χ3n) is 3.11. The van der Waals surface area contributed by atoms with E-state index in [0.29, 0.717) is 32.5 Å². The van der Waals surface area contributed by atoms with E-state index in [2.05, 4.69) is 44.3 Å². The molecule has 0 saturated carbocycles. The van der Waals surface area contributed by atoms with Crippen molar-refractivity contribution >= 4 is 0 Å². The lowest BCUT2D eigenvalue weighted by atomic mass is 10.1. The highest BCUT2D eigenvalue weighted by Gasteiger charge is 2.07. The molecule has 4 heteroatoms. The predicted molar refractivity (Wildman–Crippen MR) is 86.0 cm³/mol. The van der Waals surface area contributed by atoms with Crippen LogP contribution in [0.4, 0.5) is 0 Å². The van der Waals surface area contributed by atoms with Crippen LogP contribution in [0, 0.1) is 6.92 Å². The number of ether oxygens (including phenoxy) is 3. The van der Waals surface area contributed by atoms with Crippen LogP contribution in [0.5, 0.6) is 5.75 Å². The molecule has 1 N–H and O–H groups in total. The monoisotopic (exact) mass is 295 g/mol. The Kier molecular flexibility index (Phi) is 9.06. The maximum atomic E-state index is 5.96. The number of methoxy groups -OCH3 is 1. The summed E-state index contributed by atoms with van der Waals surface area (Å²) in [6, 6.07) is 6.75. The van der Waals surface area contributed by atoms with Crippen LogP contribution in [0.1, 0.15) is 31.4 Å². The van der Waals surface area contributed by atoms with Gasteiger partial charge in [0.1, 0.15) is 5.75 Å². The molecule has 1 aromatic rings. The summed E-state index contributed by atoms with van der Waals surface area (Å²) in [4.78, 5) is 0. The van der Waals surface area contributed by atoms with Gasteiger partial charge in [-0.2, -0.15) is 0 Å². The van der Waals surface area contributed by atoms with Crippen LogP contribution in [-0.4, -0.2) is 39.6 Å². The zero-order chi connectivity index (χ0) is 15.5. The van der Waals surface area contributed by atoms with Crippen molar-refractivity contribution in [3.63, 3.8) is 0 Å². The molecule has 1 aromatic carbocycles. The van der Waals surface area contributed by atoms with E-state index in [-0.39, 0.29) is 0 Å². The fourth-order valence-electron chi connectivity index (χ4n) is 1.95. The van der Waals surface area contributed by atoms with E-state index in [9.17, 15) is 0 Å². The van der Waals surface area contributed by atoms with Crippen LogP contribution in [0.15, 0.2) is 18.2 Å². The lowest BCUT2D eigenvalue weighted by Gasteiger charge is -2.16. The van der Waals surface area contributed by atoms with Gasteiger partial charge in [0.05, 0.1) is 19.8 Å². The average Bonchev–Trinajstić information content (AvgIpc) is 2.46. The van der Waals surface area contributed by atoms with Crippen molar-refractivity contribution in [2.45, 2.75) is 39.8 Å². The lowest BCUT2D eigenvalue weighted by Crippen LogP contribution is -2.22. The van der Waals surface area contributed by atoms with Crippen LogP contribution in [0.25, 0.3) is 0 Å². The van der Waals surface area contributed by atoms with E-state index in [0.717, 1.165) is 18.7 Å². The number of hydrogen-bond donors (Lipinski definition) is 1. The van der Waals surface area contributed by atoms with Gasteiger partial charge in [0.25, 0.3) is 0 Å². The second-order valence-electron chi connectivity index (χ2n) is 5.41. The minimum atomic E-state index is 0.465. The second kappa shape index (κ2) is 10.6. The first-order valence-corrected chi connectivity index (χ1v) is 7.66. The molecule has 0 saturated heterocycles. The molecule has 0 unspecified atom stereocenters. The molecule has 0 amide bonds. The van der Waals surface area contributed by atoms with Gasteiger partial charge in [-0.3, -0.25) is 0 Å². The van der Waals surface area contributed by atoms with E-state index in [1.807, 2.05) is 0 Å². The molecule has 0 aliphatic heterocycles. The Hall–Kier alpha value is -1.10. The predicted octanol–water partition coefficient (Wildman–Crippen LogP) is 2.92. The van der Waals surface area contributed by atoms with Gasteiger partial charge in [0.15, 0.2) is 0 Å². The summed E-state index contributed by atoms with van der Waals surface area (Å²) in [5.74, 6) is 1.00. The third-order valence-corrected chi connectivity index (χ3v) is 3.11. The van der Waals surface area contributed by atoms with Gasteiger partial charge in [-0.05, 0) is 12.5 Å². The van der Waals surface area contributed by atoms with Gasteiger partial charge in [-0.25, -0.2) is 0 Å².